The molecule has 2 aromatic heterocycles. The molecule has 0 atom stereocenters. The molecule has 0 saturated heterocycles. The number of fused-ring (bicyclic) bond motifs is 6. The molecule has 0 saturated carbocycles. The predicted octanol–water partition coefficient (Wildman–Crippen LogP) is 16.0. The average molecular weight is 854 g/mol. The van der Waals surface area contributed by atoms with Crippen molar-refractivity contribution in [3.05, 3.63) is 191 Å². The summed E-state index contributed by atoms with van der Waals surface area (Å²) in [6.07, 6.45) is -10.1. The minimum atomic E-state index is -5.07. The van der Waals surface area contributed by atoms with Crippen molar-refractivity contribution in [1.29, 1.82) is 5.26 Å². The number of benzene rings is 8. The van der Waals surface area contributed by atoms with Crippen LogP contribution in [0, 0.1) is 39.0 Å². The van der Waals surface area contributed by atoms with E-state index in [1.165, 1.54) is 12.1 Å². The Kier molecular flexibility index (Phi) is 9.35. The van der Waals surface area contributed by atoms with E-state index in [-0.39, 0.29) is 22.8 Å². The molecule has 10 rings (SSSR count). The predicted molar refractivity (Wildman–Crippen MR) is 245 cm³/mol. The summed E-state index contributed by atoms with van der Waals surface area (Å²) in [4.78, 5) is 0. The lowest BCUT2D eigenvalue weighted by atomic mass is 9.96. The summed E-state index contributed by atoms with van der Waals surface area (Å²) < 4.78 is 90.5. The quantitative estimate of drug-likeness (QED) is 0.159. The molecule has 0 unspecified atom stereocenters. The molecule has 64 heavy (non-hydrogen) atoms. The van der Waals surface area contributed by atoms with Gasteiger partial charge in [0.1, 0.15) is 11.6 Å². The van der Waals surface area contributed by atoms with Gasteiger partial charge in [-0.15, -0.1) is 0 Å². The van der Waals surface area contributed by atoms with Gasteiger partial charge in [0, 0.05) is 21.5 Å². The van der Waals surface area contributed by atoms with Gasteiger partial charge in [0.2, 0.25) is 0 Å². The Bertz CT molecular complexity index is 3370. The zero-order chi connectivity index (χ0) is 44.8. The molecule has 0 aliphatic heterocycles. The van der Waals surface area contributed by atoms with Crippen molar-refractivity contribution in [2.24, 2.45) is 0 Å². The van der Waals surface area contributed by atoms with Crippen LogP contribution in [0.5, 0.6) is 0 Å². The van der Waals surface area contributed by atoms with Crippen LogP contribution in [0.1, 0.15) is 38.9 Å². The number of hydrogen-bond acceptors (Lipinski definition) is 1. The van der Waals surface area contributed by atoms with Crippen molar-refractivity contribution in [3.63, 3.8) is 0 Å². The fourth-order valence-electron chi connectivity index (χ4n) is 9.44. The van der Waals surface area contributed by atoms with Crippen LogP contribution in [0.25, 0.3) is 88.4 Å². The molecule has 10 aromatic rings. The van der Waals surface area contributed by atoms with Gasteiger partial charge in [-0.1, -0.05) is 96.1 Å². The lowest BCUT2D eigenvalue weighted by molar-refractivity contribution is -0.143. The fraction of sp³-hybridized carbons (Fsp3) is 0.109. The Hall–Kier alpha value is -7.57. The van der Waals surface area contributed by atoms with Crippen LogP contribution in [-0.2, 0) is 12.4 Å². The van der Waals surface area contributed by atoms with E-state index in [0.29, 0.717) is 33.4 Å². The Balaban J connectivity index is 1.32. The maximum atomic E-state index is 14.5. The first-order valence-electron chi connectivity index (χ1n) is 20.7. The summed E-state index contributed by atoms with van der Waals surface area (Å²) in [5.74, 6) is 0. The molecular formula is C55H37F6N3. The highest BCUT2D eigenvalue weighted by Gasteiger charge is 2.37. The molecule has 0 radical (unpaired) electrons. The Labute approximate surface area is 364 Å². The minimum Gasteiger partial charge on any atom is -0.308 e. The standard InChI is InChI=1S/C55H37F6N3/c1-31-13-17-41(33(3)21-31)35-15-19-50-45(25-35)43-9-5-7-11-48(43)63(50)52-27-38(37-23-39(54(56,57)58)29-40(24-37)55(59,60)61)28-53(47(52)30-62)64-49-12-8-6-10-44(49)46-26-36(16-20-51(46)64)42-18-14-32(2)22-34(42)4/h5-29H,1-4H3. The maximum absolute atomic E-state index is 14.5. The van der Waals surface area contributed by atoms with Crippen LogP contribution in [0.4, 0.5) is 26.3 Å². The largest absolute Gasteiger partial charge is 0.416 e. The van der Waals surface area contributed by atoms with Crippen molar-refractivity contribution in [1.82, 2.24) is 9.13 Å². The molecule has 9 heteroatoms. The van der Waals surface area contributed by atoms with Crippen LogP contribution < -0.4 is 0 Å². The number of alkyl halides is 6. The lowest BCUT2D eigenvalue weighted by Gasteiger charge is -2.20. The third kappa shape index (κ3) is 6.69. The van der Waals surface area contributed by atoms with Crippen LogP contribution in [0.3, 0.4) is 0 Å². The molecule has 0 spiro atoms. The van der Waals surface area contributed by atoms with Gasteiger partial charge in [0.25, 0.3) is 0 Å². The van der Waals surface area contributed by atoms with Gasteiger partial charge < -0.3 is 9.13 Å². The number of para-hydroxylation sites is 2. The number of aryl methyl sites for hydroxylation is 4. The van der Waals surface area contributed by atoms with Gasteiger partial charge in [-0.05, 0) is 139 Å². The summed E-state index contributed by atoms with van der Waals surface area (Å²) in [5, 5.41) is 14.8. The SMILES string of the molecule is Cc1ccc(-c2ccc3c(c2)c2ccccc2n3-c2cc(-c3cc(C(F)(F)F)cc(C(F)(F)F)c3)cc(-n3c4ccccc4c4cc(-c5ccc(C)cc5C)ccc43)c2C#N)c(C)c1. The lowest BCUT2D eigenvalue weighted by Crippen LogP contribution is -2.11. The van der Waals surface area contributed by atoms with Gasteiger partial charge in [-0.3, -0.25) is 0 Å². The highest BCUT2D eigenvalue weighted by Crippen LogP contribution is 2.44. The highest BCUT2D eigenvalue weighted by atomic mass is 19.4. The number of nitriles is 1. The van der Waals surface area contributed by atoms with Gasteiger partial charge in [0.15, 0.2) is 0 Å². The van der Waals surface area contributed by atoms with Gasteiger partial charge in [-0.2, -0.15) is 31.6 Å². The number of halogens is 6. The normalized spacial score (nSPS) is 12.2. The first kappa shape index (κ1) is 40.5. The maximum Gasteiger partial charge on any atom is 0.416 e. The molecule has 3 nitrogen and oxygen atoms in total. The summed E-state index contributed by atoms with van der Waals surface area (Å²) in [5.41, 5.74) is 8.96. The van der Waals surface area contributed by atoms with E-state index in [0.717, 1.165) is 78.2 Å². The zero-order valence-corrected chi connectivity index (χ0v) is 35.0. The first-order valence-corrected chi connectivity index (χ1v) is 20.7. The Morgan fingerprint density at radius 2 is 0.812 bits per heavy atom. The van der Waals surface area contributed by atoms with Crippen LogP contribution in [0.2, 0.25) is 0 Å². The van der Waals surface area contributed by atoms with Gasteiger partial charge >= 0.3 is 12.4 Å². The molecule has 0 aliphatic carbocycles. The second-order valence-electron chi connectivity index (χ2n) is 16.6. The average Bonchev–Trinajstić information content (AvgIpc) is 3.77. The van der Waals surface area contributed by atoms with Crippen molar-refractivity contribution < 1.29 is 26.3 Å². The molecular weight excluding hydrogens is 817 g/mol. The van der Waals surface area contributed by atoms with E-state index < -0.39 is 23.5 Å². The summed E-state index contributed by atoms with van der Waals surface area (Å²) >= 11 is 0. The third-order valence-electron chi connectivity index (χ3n) is 12.3. The topological polar surface area (TPSA) is 33.6 Å². The number of aromatic nitrogens is 2. The number of rotatable bonds is 5. The van der Waals surface area contributed by atoms with Crippen LogP contribution in [-0.4, -0.2) is 9.13 Å². The van der Waals surface area contributed by atoms with Crippen molar-refractivity contribution in [3.8, 4) is 50.8 Å². The monoisotopic (exact) mass is 853 g/mol. The highest BCUT2D eigenvalue weighted by molar-refractivity contribution is 6.12. The van der Waals surface area contributed by atoms with E-state index in [1.807, 2.05) is 95.8 Å². The smallest absolute Gasteiger partial charge is 0.308 e. The molecule has 0 N–H and O–H groups in total. The molecule has 314 valence electrons. The molecule has 2 heterocycles. The molecule has 0 fully saturated rings. The van der Waals surface area contributed by atoms with Crippen molar-refractivity contribution >= 4 is 43.6 Å². The summed E-state index contributed by atoms with van der Waals surface area (Å²) in [6.45, 7) is 8.18. The minimum absolute atomic E-state index is 0.0660. The van der Waals surface area contributed by atoms with E-state index in [2.05, 4.69) is 68.4 Å². The van der Waals surface area contributed by atoms with Gasteiger partial charge in [0.05, 0.1) is 44.6 Å². The Morgan fingerprint density at radius 1 is 0.406 bits per heavy atom. The number of nitrogens with zero attached hydrogens (tertiary/aromatic N) is 3. The van der Waals surface area contributed by atoms with Crippen LogP contribution >= 0.6 is 0 Å². The zero-order valence-electron chi connectivity index (χ0n) is 35.0. The van der Waals surface area contributed by atoms with Crippen molar-refractivity contribution in [2.45, 2.75) is 40.0 Å². The second-order valence-corrected chi connectivity index (χ2v) is 16.6. The molecule has 0 aliphatic rings. The third-order valence-corrected chi connectivity index (χ3v) is 12.3. The molecule has 0 bridgehead atoms. The Morgan fingerprint density at radius 3 is 1.22 bits per heavy atom. The van der Waals surface area contributed by atoms with E-state index >= 15 is 0 Å². The second kappa shape index (κ2) is 14.8. The van der Waals surface area contributed by atoms with Crippen LogP contribution in [0.15, 0.2) is 152 Å². The van der Waals surface area contributed by atoms with Crippen molar-refractivity contribution in [2.75, 3.05) is 0 Å². The summed E-state index contributed by atoms with van der Waals surface area (Å²) in [6, 6.07) is 47.0. The molecule has 8 aromatic carbocycles. The molecule has 0 amide bonds. The van der Waals surface area contributed by atoms with E-state index in [1.54, 1.807) is 0 Å². The fourth-order valence-corrected chi connectivity index (χ4v) is 9.44. The van der Waals surface area contributed by atoms with Gasteiger partial charge in [-0.25, -0.2) is 0 Å². The summed E-state index contributed by atoms with van der Waals surface area (Å²) in [7, 11) is 0. The number of hydrogen-bond donors (Lipinski definition) is 0. The first-order chi connectivity index (χ1) is 30.6. The van der Waals surface area contributed by atoms with E-state index in [9.17, 15) is 31.6 Å². The van der Waals surface area contributed by atoms with E-state index in [4.69, 9.17) is 0 Å².